The fourth-order valence-corrected chi connectivity index (χ4v) is 2.41. The van der Waals surface area contributed by atoms with Gasteiger partial charge in [-0.2, -0.15) is 0 Å². The third-order valence-electron chi connectivity index (χ3n) is 3.79. The lowest BCUT2D eigenvalue weighted by Crippen LogP contribution is -2.54. The Kier molecular flexibility index (Phi) is 5.99. The molecular formula is C17H23NO7. The summed E-state index contributed by atoms with van der Waals surface area (Å²) in [6.45, 7) is 3.91. The van der Waals surface area contributed by atoms with Gasteiger partial charge in [-0.05, 0) is 26.0 Å². The van der Waals surface area contributed by atoms with Crippen LogP contribution in [0.2, 0.25) is 0 Å². The highest BCUT2D eigenvalue weighted by atomic mass is 16.5. The van der Waals surface area contributed by atoms with E-state index >= 15 is 0 Å². The molecule has 2 rings (SSSR count). The number of nitrogens with zero attached hydrogens (tertiary/aromatic N) is 1. The van der Waals surface area contributed by atoms with E-state index in [0.29, 0.717) is 17.9 Å². The third-order valence-corrected chi connectivity index (χ3v) is 3.79. The molecule has 1 aromatic carbocycles. The summed E-state index contributed by atoms with van der Waals surface area (Å²) in [5, 5.41) is 28.3. The van der Waals surface area contributed by atoms with E-state index in [1.807, 2.05) is 0 Å². The number of anilines is 1. The molecule has 0 spiro atoms. The molecule has 0 aromatic heterocycles. The highest BCUT2D eigenvalue weighted by molar-refractivity contribution is 6.01. The topological polar surface area (TPSA) is 117 Å². The summed E-state index contributed by atoms with van der Waals surface area (Å²) in [6.07, 6.45) is -2.99. The zero-order valence-corrected chi connectivity index (χ0v) is 14.2. The van der Waals surface area contributed by atoms with Gasteiger partial charge in [0.1, 0.15) is 5.75 Å². The Bertz CT molecular complexity index is 626. The average Bonchev–Trinajstić information content (AvgIpc) is 2.54. The van der Waals surface area contributed by atoms with Gasteiger partial charge in [0.05, 0.1) is 24.5 Å². The van der Waals surface area contributed by atoms with Crippen molar-refractivity contribution in [1.82, 2.24) is 0 Å². The Hall–Kier alpha value is -2.16. The molecule has 0 radical (unpaired) electrons. The Balaban J connectivity index is 2.17. The summed E-state index contributed by atoms with van der Waals surface area (Å²) in [6, 6.07) is 6.83. The Morgan fingerprint density at radius 3 is 2.76 bits per heavy atom. The first kappa shape index (κ1) is 19.2. The molecule has 0 aliphatic carbocycles. The van der Waals surface area contributed by atoms with Gasteiger partial charge in [0.2, 0.25) is 0 Å². The van der Waals surface area contributed by atoms with Crippen LogP contribution in [0.15, 0.2) is 24.3 Å². The van der Waals surface area contributed by atoms with Crippen molar-refractivity contribution in [3.8, 4) is 5.75 Å². The molecular weight excluding hydrogens is 330 g/mol. The summed E-state index contributed by atoms with van der Waals surface area (Å²) in [5.41, 5.74) is -0.408. The van der Waals surface area contributed by atoms with E-state index in [1.54, 1.807) is 38.1 Å². The Morgan fingerprint density at radius 2 is 2.12 bits per heavy atom. The third kappa shape index (κ3) is 4.91. The number of amides is 1. The predicted octanol–water partition coefficient (Wildman–Crippen LogP) is 0.404. The molecule has 1 aliphatic heterocycles. The summed E-state index contributed by atoms with van der Waals surface area (Å²) in [5.74, 6) is -1.72. The number of ether oxygens (including phenoxy) is 2. The van der Waals surface area contributed by atoms with E-state index in [2.05, 4.69) is 0 Å². The number of morpholine rings is 1. The lowest BCUT2D eigenvalue weighted by Gasteiger charge is -2.34. The molecule has 1 heterocycles. The van der Waals surface area contributed by atoms with Crippen LogP contribution in [-0.4, -0.2) is 64.8 Å². The Labute approximate surface area is 145 Å². The molecule has 2 atom stereocenters. The van der Waals surface area contributed by atoms with Crippen molar-refractivity contribution in [2.75, 3.05) is 24.7 Å². The quantitative estimate of drug-likeness (QED) is 0.650. The van der Waals surface area contributed by atoms with Crippen LogP contribution < -0.4 is 9.64 Å². The fraction of sp³-hybridized carbons (Fsp3) is 0.529. The van der Waals surface area contributed by atoms with Crippen molar-refractivity contribution in [3.05, 3.63) is 24.3 Å². The first-order valence-electron chi connectivity index (χ1n) is 7.99. The van der Waals surface area contributed by atoms with Crippen molar-refractivity contribution in [1.29, 1.82) is 0 Å². The molecule has 0 saturated carbocycles. The minimum absolute atomic E-state index is 0.0960. The van der Waals surface area contributed by atoms with Gasteiger partial charge >= 0.3 is 5.97 Å². The molecule has 3 N–H and O–H groups in total. The maximum Gasteiger partial charge on any atom is 0.335 e. The van der Waals surface area contributed by atoms with Crippen LogP contribution in [0.1, 0.15) is 20.3 Å². The molecule has 8 nitrogen and oxygen atoms in total. The van der Waals surface area contributed by atoms with E-state index in [0.717, 1.165) is 0 Å². The van der Waals surface area contributed by atoms with E-state index in [1.165, 1.54) is 4.90 Å². The minimum atomic E-state index is -1.93. The van der Waals surface area contributed by atoms with Crippen molar-refractivity contribution in [2.24, 2.45) is 0 Å². The minimum Gasteiger partial charge on any atom is -0.491 e. The van der Waals surface area contributed by atoms with E-state index in [4.69, 9.17) is 14.6 Å². The van der Waals surface area contributed by atoms with Gasteiger partial charge in [0, 0.05) is 13.0 Å². The molecule has 1 aromatic rings. The SMILES string of the molecule is CC(C)(O)CCOc1ccccc1N1CCO[C@H]([C@@H](O)C(=O)O)C1=O. The van der Waals surface area contributed by atoms with Crippen LogP contribution in [0.5, 0.6) is 5.75 Å². The number of benzene rings is 1. The average molecular weight is 353 g/mol. The standard InChI is InChI=1S/C17H23NO7/c1-17(2,23)7-9-24-12-6-4-3-5-11(12)18-8-10-25-14(15(18)20)13(19)16(21)22/h3-6,13-14,19,23H,7-10H2,1-2H3,(H,21,22)/t13-,14-/m1/s1. The van der Waals surface area contributed by atoms with Gasteiger partial charge in [0.25, 0.3) is 5.91 Å². The number of carbonyl (C=O) groups excluding carboxylic acids is 1. The maximum atomic E-state index is 12.5. The van der Waals surface area contributed by atoms with Crippen LogP contribution >= 0.6 is 0 Å². The van der Waals surface area contributed by atoms with E-state index in [9.17, 15) is 19.8 Å². The number of rotatable bonds is 7. The van der Waals surface area contributed by atoms with Crippen LogP contribution in [0.25, 0.3) is 0 Å². The van der Waals surface area contributed by atoms with Crippen molar-refractivity contribution in [2.45, 2.75) is 38.1 Å². The van der Waals surface area contributed by atoms with Gasteiger partial charge in [-0.25, -0.2) is 4.79 Å². The molecule has 0 bridgehead atoms. The zero-order valence-electron chi connectivity index (χ0n) is 14.2. The highest BCUT2D eigenvalue weighted by Gasteiger charge is 2.40. The van der Waals surface area contributed by atoms with Crippen LogP contribution in [0.3, 0.4) is 0 Å². The fourth-order valence-electron chi connectivity index (χ4n) is 2.41. The number of aliphatic carboxylic acids is 1. The molecule has 1 aliphatic rings. The zero-order chi connectivity index (χ0) is 18.6. The number of carbonyl (C=O) groups is 2. The first-order valence-corrected chi connectivity index (χ1v) is 7.99. The largest absolute Gasteiger partial charge is 0.491 e. The predicted molar refractivity (Wildman–Crippen MR) is 88.6 cm³/mol. The molecule has 25 heavy (non-hydrogen) atoms. The van der Waals surface area contributed by atoms with E-state index < -0.39 is 29.7 Å². The molecule has 1 fully saturated rings. The number of para-hydroxylation sites is 2. The number of carboxylic acids is 1. The second kappa shape index (κ2) is 7.81. The molecule has 0 unspecified atom stereocenters. The van der Waals surface area contributed by atoms with Gasteiger partial charge in [-0.1, -0.05) is 12.1 Å². The highest BCUT2D eigenvalue weighted by Crippen LogP contribution is 2.31. The first-order chi connectivity index (χ1) is 11.7. The lowest BCUT2D eigenvalue weighted by molar-refractivity contribution is -0.163. The number of carboxylic acid groups (broad SMARTS) is 1. The number of aliphatic hydroxyl groups excluding tert-OH is 1. The van der Waals surface area contributed by atoms with Crippen LogP contribution in [-0.2, 0) is 14.3 Å². The van der Waals surface area contributed by atoms with Crippen molar-refractivity contribution < 1.29 is 34.4 Å². The number of hydrogen-bond donors (Lipinski definition) is 3. The van der Waals surface area contributed by atoms with Gasteiger partial charge in [-0.3, -0.25) is 4.79 Å². The second-order valence-corrected chi connectivity index (χ2v) is 6.44. The Morgan fingerprint density at radius 1 is 1.44 bits per heavy atom. The van der Waals surface area contributed by atoms with Crippen LogP contribution in [0, 0.1) is 0 Å². The smallest absolute Gasteiger partial charge is 0.335 e. The van der Waals surface area contributed by atoms with Gasteiger partial charge in [0.15, 0.2) is 12.2 Å². The molecule has 138 valence electrons. The van der Waals surface area contributed by atoms with Crippen molar-refractivity contribution in [3.63, 3.8) is 0 Å². The molecule has 1 saturated heterocycles. The molecule has 1 amide bonds. The van der Waals surface area contributed by atoms with Crippen LogP contribution in [0.4, 0.5) is 5.69 Å². The monoisotopic (exact) mass is 353 g/mol. The summed E-state index contributed by atoms with van der Waals surface area (Å²) >= 11 is 0. The second-order valence-electron chi connectivity index (χ2n) is 6.44. The van der Waals surface area contributed by atoms with Gasteiger partial charge in [-0.15, -0.1) is 0 Å². The summed E-state index contributed by atoms with van der Waals surface area (Å²) in [7, 11) is 0. The van der Waals surface area contributed by atoms with Crippen molar-refractivity contribution >= 4 is 17.6 Å². The number of aliphatic hydroxyl groups is 2. The van der Waals surface area contributed by atoms with Gasteiger partial charge < -0.3 is 29.7 Å². The number of hydrogen-bond acceptors (Lipinski definition) is 6. The summed E-state index contributed by atoms with van der Waals surface area (Å²) < 4.78 is 10.8. The molecule has 8 heteroatoms. The normalized spacial score (nSPS) is 19.6. The van der Waals surface area contributed by atoms with E-state index in [-0.39, 0.29) is 19.8 Å². The lowest BCUT2D eigenvalue weighted by atomic mass is 10.1. The summed E-state index contributed by atoms with van der Waals surface area (Å²) in [4.78, 5) is 24.8. The maximum absolute atomic E-state index is 12.5.